The molecular weight excluding hydrogens is 282 g/mol. The van der Waals surface area contributed by atoms with Crippen molar-refractivity contribution in [2.24, 2.45) is 0 Å². The van der Waals surface area contributed by atoms with Crippen LogP contribution in [0.25, 0.3) is 0 Å². The fourth-order valence-electron chi connectivity index (χ4n) is 1.49. The van der Waals surface area contributed by atoms with Gasteiger partial charge in [-0.1, -0.05) is 0 Å². The zero-order valence-corrected chi connectivity index (χ0v) is 11.1. The van der Waals surface area contributed by atoms with E-state index in [1.807, 2.05) is 6.92 Å². The summed E-state index contributed by atoms with van der Waals surface area (Å²) >= 11 is 1.13. The normalized spacial score (nSPS) is 10.2. The molecule has 0 spiro atoms. The molecule has 1 N–H and O–H groups in total. The maximum absolute atomic E-state index is 10.9. The lowest BCUT2D eigenvalue weighted by molar-refractivity contribution is -0.385. The van der Waals surface area contributed by atoms with E-state index in [1.54, 1.807) is 12.3 Å². The number of carboxylic acid groups (broad SMARTS) is 1. The van der Waals surface area contributed by atoms with Gasteiger partial charge in [0.1, 0.15) is 5.56 Å². The number of carbonyl (C=O) groups is 1. The highest BCUT2D eigenvalue weighted by atomic mass is 32.2. The predicted molar refractivity (Wildman–Crippen MR) is 70.9 cm³/mol. The summed E-state index contributed by atoms with van der Waals surface area (Å²) in [4.78, 5) is 29.8. The number of nitro benzene ring substituents is 1. The van der Waals surface area contributed by atoms with E-state index in [4.69, 9.17) is 5.11 Å². The van der Waals surface area contributed by atoms with Crippen LogP contribution in [0, 0.1) is 17.0 Å². The van der Waals surface area contributed by atoms with Crippen LogP contribution in [0.4, 0.5) is 5.69 Å². The maximum Gasteiger partial charge on any atom is 0.342 e. The molecule has 1 aromatic carbocycles. The number of aryl methyl sites for hydroxylation is 1. The Kier molecular flexibility index (Phi) is 3.94. The third kappa shape index (κ3) is 3.09. The number of hydrogen-bond acceptors (Lipinski definition) is 6. The average molecular weight is 291 g/mol. The first-order valence-electron chi connectivity index (χ1n) is 5.46. The summed E-state index contributed by atoms with van der Waals surface area (Å²) in [5.74, 6) is -1.33. The molecule has 0 saturated carbocycles. The minimum Gasteiger partial charge on any atom is -0.477 e. The molecule has 0 amide bonds. The first-order valence-corrected chi connectivity index (χ1v) is 6.28. The minimum absolute atomic E-state index is 0.343. The molecule has 7 nitrogen and oxygen atoms in total. The number of nitrogens with zero attached hydrogens (tertiary/aromatic N) is 3. The van der Waals surface area contributed by atoms with E-state index < -0.39 is 16.6 Å². The smallest absolute Gasteiger partial charge is 0.342 e. The molecule has 0 aliphatic rings. The molecule has 0 atom stereocenters. The van der Waals surface area contributed by atoms with Crippen LogP contribution in [0.1, 0.15) is 16.1 Å². The monoisotopic (exact) mass is 291 g/mol. The van der Waals surface area contributed by atoms with Crippen molar-refractivity contribution in [3.63, 3.8) is 0 Å². The minimum atomic E-state index is -1.33. The summed E-state index contributed by atoms with van der Waals surface area (Å²) in [6.07, 6.45) is 1.59. The van der Waals surface area contributed by atoms with Crippen molar-refractivity contribution in [2.75, 3.05) is 0 Å². The van der Waals surface area contributed by atoms with Crippen LogP contribution in [0.5, 0.6) is 0 Å². The number of nitro groups is 1. The Bertz CT molecular complexity index is 690. The van der Waals surface area contributed by atoms with Gasteiger partial charge in [-0.15, -0.1) is 0 Å². The van der Waals surface area contributed by atoms with Crippen molar-refractivity contribution >= 4 is 23.4 Å². The molecule has 20 heavy (non-hydrogen) atoms. The number of hydrogen-bond donors (Lipinski definition) is 1. The van der Waals surface area contributed by atoms with E-state index in [0.29, 0.717) is 10.1 Å². The standard InChI is InChI=1S/C12H9N3O4S/c1-7-4-5-13-12(14-7)20-8-2-3-9(11(16)17)10(6-8)15(18)19/h2-6H,1H3,(H,16,17). The zero-order chi connectivity index (χ0) is 14.7. The molecule has 0 radical (unpaired) electrons. The molecular formula is C12H9N3O4S. The third-order valence-corrected chi connectivity index (χ3v) is 3.25. The second-order valence-corrected chi connectivity index (χ2v) is 4.86. The van der Waals surface area contributed by atoms with E-state index in [1.165, 1.54) is 18.2 Å². The van der Waals surface area contributed by atoms with E-state index >= 15 is 0 Å². The topological polar surface area (TPSA) is 106 Å². The van der Waals surface area contributed by atoms with Gasteiger partial charge in [-0.3, -0.25) is 10.1 Å². The van der Waals surface area contributed by atoms with Crippen LogP contribution in [-0.4, -0.2) is 26.0 Å². The van der Waals surface area contributed by atoms with Crippen LogP contribution in [0.2, 0.25) is 0 Å². The summed E-state index contributed by atoms with van der Waals surface area (Å²) < 4.78 is 0. The molecule has 1 heterocycles. The second-order valence-electron chi connectivity index (χ2n) is 3.82. The van der Waals surface area contributed by atoms with E-state index in [0.717, 1.165) is 17.5 Å². The Morgan fingerprint density at radius 3 is 2.75 bits per heavy atom. The molecule has 0 aliphatic heterocycles. The molecule has 2 aromatic rings. The average Bonchev–Trinajstić information content (AvgIpc) is 2.38. The third-order valence-electron chi connectivity index (χ3n) is 2.38. The molecule has 8 heteroatoms. The van der Waals surface area contributed by atoms with Crippen LogP contribution >= 0.6 is 11.8 Å². The predicted octanol–water partition coefficient (Wildman–Crippen LogP) is 2.54. The molecule has 0 fully saturated rings. The van der Waals surface area contributed by atoms with Gasteiger partial charge in [-0.25, -0.2) is 14.8 Å². The van der Waals surface area contributed by atoms with Crippen LogP contribution in [0.15, 0.2) is 40.5 Å². The first-order chi connectivity index (χ1) is 9.47. The molecule has 0 aliphatic carbocycles. The lowest BCUT2D eigenvalue weighted by Gasteiger charge is -2.03. The summed E-state index contributed by atoms with van der Waals surface area (Å²) in [6.45, 7) is 1.81. The van der Waals surface area contributed by atoms with Crippen LogP contribution < -0.4 is 0 Å². The fraction of sp³-hybridized carbons (Fsp3) is 0.0833. The van der Waals surface area contributed by atoms with Gasteiger partial charge in [0, 0.05) is 22.9 Å². The van der Waals surface area contributed by atoms with Crippen molar-refractivity contribution in [3.05, 3.63) is 51.8 Å². The first kappa shape index (κ1) is 13.9. The van der Waals surface area contributed by atoms with Gasteiger partial charge in [-0.05, 0) is 36.9 Å². The van der Waals surface area contributed by atoms with E-state index in [9.17, 15) is 14.9 Å². The van der Waals surface area contributed by atoms with Crippen molar-refractivity contribution < 1.29 is 14.8 Å². The lowest BCUT2D eigenvalue weighted by Crippen LogP contribution is -2.02. The Morgan fingerprint density at radius 2 is 2.15 bits per heavy atom. The Morgan fingerprint density at radius 1 is 1.40 bits per heavy atom. The van der Waals surface area contributed by atoms with Crippen LogP contribution in [-0.2, 0) is 0 Å². The van der Waals surface area contributed by atoms with E-state index in [2.05, 4.69) is 9.97 Å². The van der Waals surface area contributed by atoms with E-state index in [-0.39, 0.29) is 5.56 Å². The van der Waals surface area contributed by atoms with Gasteiger partial charge in [0.15, 0.2) is 5.16 Å². The SMILES string of the molecule is Cc1ccnc(Sc2ccc(C(=O)O)c([N+](=O)[O-])c2)n1. The lowest BCUT2D eigenvalue weighted by atomic mass is 10.2. The molecule has 0 saturated heterocycles. The largest absolute Gasteiger partial charge is 0.477 e. The molecule has 0 bridgehead atoms. The Hall–Kier alpha value is -2.48. The quantitative estimate of drug-likeness (QED) is 0.524. The highest BCUT2D eigenvalue weighted by molar-refractivity contribution is 7.99. The zero-order valence-electron chi connectivity index (χ0n) is 10.3. The van der Waals surface area contributed by atoms with Gasteiger partial charge < -0.3 is 5.11 Å². The Labute approximate surface area is 117 Å². The number of aromatic carboxylic acids is 1. The number of carboxylic acids is 1. The molecule has 0 unspecified atom stereocenters. The maximum atomic E-state index is 10.9. The van der Waals surface area contributed by atoms with Gasteiger partial charge in [0.25, 0.3) is 5.69 Å². The van der Waals surface area contributed by atoms with Gasteiger partial charge in [0.05, 0.1) is 4.92 Å². The molecule has 2 rings (SSSR count). The molecule has 102 valence electrons. The summed E-state index contributed by atoms with van der Waals surface area (Å²) in [7, 11) is 0. The van der Waals surface area contributed by atoms with Crippen molar-refractivity contribution in [1.82, 2.24) is 9.97 Å². The van der Waals surface area contributed by atoms with Crippen molar-refractivity contribution in [3.8, 4) is 0 Å². The number of rotatable bonds is 4. The van der Waals surface area contributed by atoms with Crippen molar-refractivity contribution in [2.45, 2.75) is 17.0 Å². The summed E-state index contributed by atoms with van der Waals surface area (Å²) in [5.41, 5.74) is -0.0150. The van der Waals surface area contributed by atoms with Gasteiger partial charge in [0.2, 0.25) is 0 Å². The second kappa shape index (κ2) is 5.66. The fourth-order valence-corrected chi connectivity index (χ4v) is 2.31. The number of aromatic nitrogens is 2. The Balaban J connectivity index is 2.36. The summed E-state index contributed by atoms with van der Waals surface area (Å²) in [6, 6.07) is 5.64. The molecule has 1 aromatic heterocycles. The van der Waals surface area contributed by atoms with Gasteiger partial charge in [-0.2, -0.15) is 0 Å². The summed E-state index contributed by atoms with van der Waals surface area (Å²) in [5, 5.41) is 20.2. The highest BCUT2D eigenvalue weighted by Crippen LogP contribution is 2.30. The van der Waals surface area contributed by atoms with Crippen LogP contribution in [0.3, 0.4) is 0 Å². The van der Waals surface area contributed by atoms with Crippen molar-refractivity contribution in [1.29, 1.82) is 0 Å². The van der Waals surface area contributed by atoms with Gasteiger partial charge >= 0.3 is 5.97 Å². The number of benzene rings is 1. The highest BCUT2D eigenvalue weighted by Gasteiger charge is 2.20.